The SMILES string of the molecule is O=C(O)C1=C(O)C(OCc2ccccc2)=C(CO)N(Cc2ccc(F)cc2)C1. The van der Waals surface area contributed by atoms with Crippen LogP contribution in [0.3, 0.4) is 0 Å². The fourth-order valence-electron chi connectivity index (χ4n) is 2.96. The van der Waals surface area contributed by atoms with E-state index < -0.39 is 18.3 Å². The molecule has 3 rings (SSSR count). The van der Waals surface area contributed by atoms with E-state index >= 15 is 0 Å². The standard InChI is InChI=1S/C21H20FNO5/c22-16-8-6-14(7-9-16)10-23-11-17(21(26)27)19(25)20(18(23)12-24)28-13-15-4-2-1-3-5-15/h1-9,24-25H,10-13H2,(H,26,27). The summed E-state index contributed by atoms with van der Waals surface area (Å²) in [5.74, 6) is -2.23. The first-order valence-corrected chi connectivity index (χ1v) is 8.65. The normalized spacial score (nSPS) is 14.4. The molecule has 0 spiro atoms. The Bertz CT molecular complexity index is 906. The lowest BCUT2D eigenvalue weighted by Gasteiger charge is -2.32. The van der Waals surface area contributed by atoms with Crippen LogP contribution in [0.4, 0.5) is 4.39 Å². The Labute approximate surface area is 161 Å². The molecular formula is C21H20FNO5. The average molecular weight is 385 g/mol. The summed E-state index contributed by atoms with van der Waals surface area (Å²) >= 11 is 0. The van der Waals surface area contributed by atoms with Crippen molar-refractivity contribution in [1.29, 1.82) is 0 Å². The number of aliphatic hydroxyl groups is 2. The number of aliphatic carboxylic acids is 1. The van der Waals surface area contributed by atoms with Gasteiger partial charge in [0, 0.05) is 6.54 Å². The molecule has 7 heteroatoms. The minimum absolute atomic E-state index is 0.0721. The lowest BCUT2D eigenvalue weighted by atomic mass is 10.1. The predicted molar refractivity (Wildman–Crippen MR) is 99.4 cm³/mol. The number of rotatable bonds is 7. The highest BCUT2D eigenvalue weighted by Crippen LogP contribution is 2.29. The van der Waals surface area contributed by atoms with Crippen LogP contribution in [0.5, 0.6) is 0 Å². The van der Waals surface area contributed by atoms with Crippen molar-refractivity contribution in [3.05, 3.63) is 94.3 Å². The zero-order chi connectivity index (χ0) is 20.1. The first-order valence-electron chi connectivity index (χ1n) is 8.65. The highest BCUT2D eigenvalue weighted by Gasteiger charge is 2.31. The van der Waals surface area contributed by atoms with Gasteiger partial charge >= 0.3 is 5.97 Å². The molecule has 6 nitrogen and oxygen atoms in total. The molecule has 0 unspecified atom stereocenters. The smallest absolute Gasteiger partial charge is 0.337 e. The van der Waals surface area contributed by atoms with Crippen molar-refractivity contribution in [3.63, 3.8) is 0 Å². The van der Waals surface area contributed by atoms with E-state index in [1.165, 1.54) is 12.1 Å². The van der Waals surface area contributed by atoms with Gasteiger partial charge in [-0.25, -0.2) is 9.18 Å². The largest absolute Gasteiger partial charge is 0.504 e. The molecule has 0 saturated carbocycles. The summed E-state index contributed by atoms with van der Waals surface area (Å²) in [6, 6.07) is 14.9. The molecule has 1 aliphatic heterocycles. The van der Waals surface area contributed by atoms with Gasteiger partial charge in [-0.3, -0.25) is 0 Å². The summed E-state index contributed by atoms with van der Waals surface area (Å²) in [5.41, 5.74) is 1.58. The van der Waals surface area contributed by atoms with Crippen LogP contribution in [-0.4, -0.2) is 39.3 Å². The highest BCUT2D eigenvalue weighted by molar-refractivity contribution is 5.88. The third-order valence-corrected chi connectivity index (χ3v) is 4.41. The second-order valence-electron chi connectivity index (χ2n) is 6.32. The Balaban J connectivity index is 1.92. The average Bonchev–Trinajstić information content (AvgIpc) is 2.70. The van der Waals surface area contributed by atoms with Crippen LogP contribution in [0, 0.1) is 5.82 Å². The molecule has 0 aliphatic carbocycles. The van der Waals surface area contributed by atoms with Crippen LogP contribution >= 0.6 is 0 Å². The van der Waals surface area contributed by atoms with E-state index in [0.29, 0.717) is 0 Å². The summed E-state index contributed by atoms with van der Waals surface area (Å²) in [6.45, 7) is -0.256. The Morgan fingerprint density at radius 1 is 1.07 bits per heavy atom. The van der Waals surface area contributed by atoms with Crippen LogP contribution in [-0.2, 0) is 22.7 Å². The third-order valence-electron chi connectivity index (χ3n) is 4.41. The minimum Gasteiger partial charge on any atom is -0.504 e. The highest BCUT2D eigenvalue weighted by atomic mass is 19.1. The van der Waals surface area contributed by atoms with Crippen molar-refractivity contribution >= 4 is 5.97 Å². The van der Waals surface area contributed by atoms with Crippen LogP contribution in [0.25, 0.3) is 0 Å². The lowest BCUT2D eigenvalue weighted by Crippen LogP contribution is -2.35. The maximum atomic E-state index is 13.1. The second kappa shape index (κ2) is 8.58. The molecule has 0 bridgehead atoms. The van der Waals surface area contributed by atoms with Gasteiger partial charge in [-0.15, -0.1) is 0 Å². The van der Waals surface area contributed by atoms with Gasteiger partial charge in [-0.05, 0) is 23.3 Å². The molecule has 2 aromatic rings. The van der Waals surface area contributed by atoms with Crippen molar-refractivity contribution in [2.45, 2.75) is 13.2 Å². The number of ether oxygens (including phenoxy) is 1. The molecule has 0 amide bonds. The first-order chi connectivity index (χ1) is 13.5. The monoisotopic (exact) mass is 385 g/mol. The van der Waals surface area contributed by atoms with Crippen molar-refractivity contribution in [2.75, 3.05) is 13.2 Å². The van der Waals surface area contributed by atoms with E-state index in [2.05, 4.69) is 0 Å². The number of hydrogen-bond acceptors (Lipinski definition) is 5. The molecule has 3 N–H and O–H groups in total. The summed E-state index contributed by atoms with van der Waals surface area (Å²) in [5, 5.41) is 29.8. The van der Waals surface area contributed by atoms with Crippen LogP contribution in [0.1, 0.15) is 11.1 Å². The zero-order valence-electron chi connectivity index (χ0n) is 15.0. The molecule has 0 saturated heterocycles. The number of carboxylic acids is 1. The summed E-state index contributed by atoms with van der Waals surface area (Å²) < 4.78 is 18.8. The third kappa shape index (κ3) is 4.32. The number of carboxylic acid groups (broad SMARTS) is 1. The van der Waals surface area contributed by atoms with Gasteiger partial charge < -0.3 is 25.0 Å². The number of nitrogens with zero attached hydrogens (tertiary/aromatic N) is 1. The molecule has 0 fully saturated rings. The first kappa shape index (κ1) is 19.4. The van der Waals surface area contributed by atoms with Crippen LogP contribution in [0.15, 0.2) is 77.4 Å². The number of aliphatic hydroxyl groups excluding tert-OH is 2. The number of hydrogen-bond donors (Lipinski definition) is 3. The van der Waals surface area contributed by atoms with Gasteiger partial charge in [-0.2, -0.15) is 0 Å². The van der Waals surface area contributed by atoms with Crippen molar-refractivity contribution < 1.29 is 29.2 Å². The zero-order valence-corrected chi connectivity index (χ0v) is 15.0. The van der Waals surface area contributed by atoms with E-state index in [-0.39, 0.29) is 42.5 Å². The number of carbonyl (C=O) groups is 1. The lowest BCUT2D eigenvalue weighted by molar-refractivity contribution is -0.133. The molecular weight excluding hydrogens is 365 g/mol. The molecule has 0 radical (unpaired) electrons. The van der Waals surface area contributed by atoms with Crippen molar-refractivity contribution in [2.24, 2.45) is 0 Å². The topological polar surface area (TPSA) is 90.2 Å². The fourth-order valence-corrected chi connectivity index (χ4v) is 2.96. The fraction of sp³-hybridized carbons (Fsp3) is 0.190. The molecule has 146 valence electrons. The Morgan fingerprint density at radius 3 is 2.36 bits per heavy atom. The number of halogens is 1. The van der Waals surface area contributed by atoms with Gasteiger partial charge in [-0.1, -0.05) is 42.5 Å². The van der Waals surface area contributed by atoms with Gasteiger partial charge in [0.1, 0.15) is 18.0 Å². The van der Waals surface area contributed by atoms with Crippen molar-refractivity contribution in [1.82, 2.24) is 4.90 Å². The van der Waals surface area contributed by atoms with E-state index in [9.17, 15) is 24.5 Å². The second-order valence-corrected chi connectivity index (χ2v) is 6.32. The molecule has 2 aromatic carbocycles. The predicted octanol–water partition coefficient (Wildman–Crippen LogP) is 2.96. The van der Waals surface area contributed by atoms with E-state index in [0.717, 1.165) is 11.1 Å². The Hall–Kier alpha value is -3.32. The molecule has 0 aromatic heterocycles. The Kier molecular flexibility index (Phi) is 5.96. The minimum atomic E-state index is -1.28. The van der Waals surface area contributed by atoms with E-state index in [1.54, 1.807) is 17.0 Å². The van der Waals surface area contributed by atoms with E-state index in [4.69, 9.17) is 4.74 Å². The van der Waals surface area contributed by atoms with Crippen LogP contribution in [0.2, 0.25) is 0 Å². The van der Waals surface area contributed by atoms with Crippen LogP contribution < -0.4 is 0 Å². The van der Waals surface area contributed by atoms with Gasteiger partial charge in [0.25, 0.3) is 0 Å². The Morgan fingerprint density at radius 2 is 1.75 bits per heavy atom. The summed E-state index contributed by atoms with van der Waals surface area (Å²) in [4.78, 5) is 13.2. The van der Waals surface area contributed by atoms with E-state index in [1.807, 2.05) is 30.3 Å². The summed E-state index contributed by atoms with van der Waals surface area (Å²) in [7, 11) is 0. The maximum absolute atomic E-state index is 13.1. The summed E-state index contributed by atoms with van der Waals surface area (Å²) in [6.07, 6.45) is 0. The molecule has 1 heterocycles. The van der Waals surface area contributed by atoms with Crippen molar-refractivity contribution in [3.8, 4) is 0 Å². The maximum Gasteiger partial charge on any atom is 0.337 e. The quantitative estimate of drug-likeness (QED) is 0.679. The van der Waals surface area contributed by atoms with Gasteiger partial charge in [0.15, 0.2) is 11.5 Å². The van der Waals surface area contributed by atoms with Gasteiger partial charge in [0.05, 0.1) is 18.8 Å². The number of benzene rings is 2. The molecule has 0 atom stereocenters. The molecule has 1 aliphatic rings. The van der Waals surface area contributed by atoms with Gasteiger partial charge in [0.2, 0.25) is 0 Å². The molecule has 28 heavy (non-hydrogen) atoms.